The second-order valence-corrected chi connectivity index (χ2v) is 4.35. The summed E-state index contributed by atoms with van der Waals surface area (Å²) in [4.78, 5) is 16.1. The van der Waals surface area contributed by atoms with E-state index in [1.807, 2.05) is 0 Å². The molecule has 1 saturated heterocycles. The molecule has 1 unspecified atom stereocenters. The Morgan fingerprint density at radius 1 is 1.53 bits per heavy atom. The van der Waals surface area contributed by atoms with E-state index < -0.39 is 23.1 Å². The molecular formula is C9H7F3N2O2S. The number of aromatic nitrogens is 1. The van der Waals surface area contributed by atoms with Crippen LogP contribution in [0.5, 0.6) is 0 Å². The van der Waals surface area contributed by atoms with Crippen LogP contribution in [-0.4, -0.2) is 27.3 Å². The van der Waals surface area contributed by atoms with Crippen molar-refractivity contribution in [3.05, 3.63) is 23.9 Å². The van der Waals surface area contributed by atoms with Gasteiger partial charge in [-0.25, -0.2) is 4.98 Å². The van der Waals surface area contributed by atoms with Crippen LogP contribution in [0, 0.1) is 0 Å². The van der Waals surface area contributed by atoms with Gasteiger partial charge < -0.3 is 5.11 Å². The summed E-state index contributed by atoms with van der Waals surface area (Å²) in [7, 11) is 0. The molecule has 0 aromatic carbocycles. The van der Waals surface area contributed by atoms with Crippen LogP contribution in [0.4, 0.5) is 19.0 Å². The summed E-state index contributed by atoms with van der Waals surface area (Å²) in [6.07, 6.45) is -3.49. The van der Waals surface area contributed by atoms with Crippen molar-refractivity contribution in [3.8, 4) is 0 Å². The molecule has 1 atom stereocenters. The number of aliphatic hydroxyl groups excluding tert-OH is 1. The number of aliphatic hydroxyl groups is 1. The maximum Gasteiger partial charge on any atom is 0.416 e. The van der Waals surface area contributed by atoms with Crippen molar-refractivity contribution in [2.75, 3.05) is 10.8 Å². The van der Waals surface area contributed by atoms with Gasteiger partial charge in [-0.1, -0.05) is 11.8 Å². The highest BCUT2D eigenvalue weighted by molar-refractivity contribution is 8.01. The number of rotatable bonds is 1. The Morgan fingerprint density at radius 2 is 2.24 bits per heavy atom. The zero-order valence-corrected chi connectivity index (χ0v) is 9.13. The molecule has 1 aromatic heterocycles. The van der Waals surface area contributed by atoms with Crippen LogP contribution in [-0.2, 0) is 11.0 Å². The van der Waals surface area contributed by atoms with E-state index >= 15 is 0 Å². The highest BCUT2D eigenvalue weighted by atomic mass is 32.2. The van der Waals surface area contributed by atoms with Crippen LogP contribution in [0.3, 0.4) is 0 Å². The minimum absolute atomic E-state index is 0.0916. The number of nitrogens with zero attached hydrogens (tertiary/aromatic N) is 2. The molecule has 1 aliphatic rings. The van der Waals surface area contributed by atoms with Gasteiger partial charge in [0.15, 0.2) is 5.44 Å². The van der Waals surface area contributed by atoms with E-state index in [9.17, 15) is 23.1 Å². The third-order valence-electron chi connectivity index (χ3n) is 2.19. The lowest BCUT2D eigenvalue weighted by Crippen LogP contribution is -2.30. The second-order valence-electron chi connectivity index (χ2n) is 3.31. The summed E-state index contributed by atoms with van der Waals surface area (Å²) >= 11 is 0.932. The predicted octanol–water partition coefficient (Wildman–Crippen LogP) is 1.46. The van der Waals surface area contributed by atoms with Gasteiger partial charge in [-0.2, -0.15) is 13.2 Å². The first-order chi connectivity index (χ1) is 7.89. The first-order valence-corrected chi connectivity index (χ1v) is 5.59. The maximum absolute atomic E-state index is 12.4. The molecule has 8 heteroatoms. The maximum atomic E-state index is 12.4. The number of pyridine rings is 1. The van der Waals surface area contributed by atoms with Gasteiger partial charge in [0.2, 0.25) is 0 Å². The number of alkyl halides is 3. The Balaban J connectivity index is 2.31. The molecular weight excluding hydrogens is 257 g/mol. The topological polar surface area (TPSA) is 53.4 Å². The molecule has 17 heavy (non-hydrogen) atoms. The van der Waals surface area contributed by atoms with Gasteiger partial charge in [0.05, 0.1) is 11.4 Å². The predicted molar refractivity (Wildman–Crippen MR) is 55.2 cm³/mol. The van der Waals surface area contributed by atoms with Gasteiger partial charge in [0.1, 0.15) is 5.82 Å². The van der Waals surface area contributed by atoms with Gasteiger partial charge in [-0.15, -0.1) is 0 Å². The monoisotopic (exact) mass is 264 g/mol. The average molecular weight is 264 g/mol. The summed E-state index contributed by atoms with van der Waals surface area (Å²) < 4.78 is 37.3. The molecule has 1 N–H and O–H groups in total. The SMILES string of the molecule is O=C1C(O)SCN1c1cc(C(F)(F)F)ccn1. The number of thioether (sulfide) groups is 1. The Kier molecular flexibility index (Phi) is 3.00. The molecule has 1 amide bonds. The van der Waals surface area contributed by atoms with Crippen LogP contribution in [0.1, 0.15) is 5.56 Å². The Morgan fingerprint density at radius 3 is 2.76 bits per heavy atom. The fourth-order valence-electron chi connectivity index (χ4n) is 1.33. The van der Waals surface area contributed by atoms with Gasteiger partial charge in [-0.05, 0) is 12.1 Å². The smallest absolute Gasteiger partial charge is 0.373 e. The lowest BCUT2D eigenvalue weighted by molar-refractivity contribution is -0.137. The third-order valence-corrected chi connectivity index (χ3v) is 3.11. The van der Waals surface area contributed by atoms with Crippen LogP contribution in [0.2, 0.25) is 0 Å². The van der Waals surface area contributed by atoms with E-state index in [0.29, 0.717) is 0 Å². The Bertz CT molecular complexity index is 452. The molecule has 0 bridgehead atoms. The number of hydrogen-bond acceptors (Lipinski definition) is 4. The fourth-order valence-corrected chi connectivity index (χ4v) is 2.15. The molecule has 1 fully saturated rings. The number of amides is 1. The van der Waals surface area contributed by atoms with Gasteiger partial charge in [0.25, 0.3) is 5.91 Å². The number of carbonyl (C=O) groups is 1. The van der Waals surface area contributed by atoms with E-state index in [0.717, 1.165) is 35.0 Å². The lowest BCUT2D eigenvalue weighted by atomic mass is 10.2. The molecule has 4 nitrogen and oxygen atoms in total. The highest BCUT2D eigenvalue weighted by Gasteiger charge is 2.35. The minimum Gasteiger partial charge on any atom is -0.373 e. The van der Waals surface area contributed by atoms with Crippen molar-refractivity contribution in [1.82, 2.24) is 4.98 Å². The first kappa shape index (κ1) is 12.2. The lowest BCUT2D eigenvalue weighted by Gasteiger charge is -2.15. The van der Waals surface area contributed by atoms with Crippen molar-refractivity contribution >= 4 is 23.5 Å². The molecule has 0 aliphatic carbocycles. The highest BCUT2D eigenvalue weighted by Crippen LogP contribution is 2.32. The van der Waals surface area contributed by atoms with Crippen molar-refractivity contribution in [2.45, 2.75) is 11.6 Å². The standard InChI is InChI=1S/C9H7F3N2O2S/c10-9(11,12)5-1-2-13-6(3-5)14-4-17-8(16)7(14)15/h1-3,8,16H,4H2. The molecule has 2 rings (SSSR count). The molecule has 2 heterocycles. The van der Waals surface area contributed by atoms with Crippen molar-refractivity contribution in [3.63, 3.8) is 0 Å². The number of hydrogen-bond donors (Lipinski definition) is 1. The molecule has 1 aliphatic heterocycles. The van der Waals surface area contributed by atoms with E-state index in [2.05, 4.69) is 4.98 Å². The zero-order valence-electron chi connectivity index (χ0n) is 8.31. The van der Waals surface area contributed by atoms with E-state index in [1.54, 1.807) is 0 Å². The van der Waals surface area contributed by atoms with Crippen molar-refractivity contribution < 1.29 is 23.1 Å². The molecule has 92 valence electrons. The van der Waals surface area contributed by atoms with Crippen molar-refractivity contribution in [1.29, 1.82) is 0 Å². The Labute approximate surface area is 98.4 Å². The zero-order chi connectivity index (χ0) is 12.6. The summed E-state index contributed by atoms with van der Waals surface area (Å²) in [5.41, 5.74) is -2.10. The third kappa shape index (κ3) is 2.37. The van der Waals surface area contributed by atoms with Crippen LogP contribution >= 0.6 is 11.8 Å². The molecule has 0 saturated carbocycles. The van der Waals surface area contributed by atoms with Gasteiger partial charge in [-0.3, -0.25) is 9.69 Å². The van der Waals surface area contributed by atoms with Gasteiger partial charge >= 0.3 is 6.18 Å². The normalized spacial score (nSPS) is 21.1. The summed E-state index contributed by atoms with van der Waals surface area (Å²) in [5.74, 6) is -0.662. The van der Waals surface area contributed by atoms with E-state index in [1.165, 1.54) is 0 Å². The largest absolute Gasteiger partial charge is 0.416 e. The van der Waals surface area contributed by atoms with E-state index in [4.69, 9.17) is 0 Å². The fraction of sp³-hybridized carbons (Fsp3) is 0.333. The van der Waals surface area contributed by atoms with Gasteiger partial charge in [0, 0.05) is 6.20 Å². The summed E-state index contributed by atoms with van der Waals surface area (Å²) in [6, 6.07) is 1.62. The summed E-state index contributed by atoms with van der Waals surface area (Å²) in [5, 5.41) is 9.18. The molecule has 0 spiro atoms. The number of halogens is 3. The average Bonchev–Trinajstić information content (AvgIpc) is 2.59. The van der Waals surface area contributed by atoms with Crippen molar-refractivity contribution in [2.24, 2.45) is 0 Å². The van der Waals surface area contributed by atoms with Crippen LogP contribution < -0.4 is 4.90 Å². The number of anilines is 1. The van der Waals surface area contributed by atoms with Crippen LogP contribution in [0.25, 0.3) is 0 Å². The molecule has 0 radical (unpaired) electrons. The Hall–Kier alpha value is -1.28. The minimum atomic E-state index is -4.48. The first-order valence-electron chi connectivity index (χ1n) is 4.54. The van der Waals surface area contributed by atoms with Crippen LogP contribution in [0.15, 0.2) is 18.3 Å². The summed E-state index contributed by atoms with van der Waals surface area (Å²) in [6.45, 7) is 0. The van der Waals surface area contributed by atoms with E-state index in [-0.39, 0.29) is 11.7 Å². The molecule has 1 aromatic rings. The number of carbonyl (C=O) groups excluding carboxylic acids is 1. The second kappa shape index (κ2) is 4.19. The quantitative estimate of drug-likeness (QED) is 0.834.